The van der Waals surface area contributed by atoms with Gasteiger partial charge in [0.2, 0.25) is 0 Å². The van der Waals surface area contributed by atoms with Crippen molar-refractivity contribution in [3.05, 3.63) is 82.7 Å². The molecule has 2 heterocycles. The van der Waals surface area contributed by atoms with Crippen LogP contribution in [0.1, 0.15) is 11.1 Å². The summed E-state index contributed by atoms with van der Waals surface area (Å²) in [5, 5.41) is 4.34. The van der Waals surface area contributed by atoms with Crippen LogP contribution in [-0.4, -0.2) is 28.8 Å². The van der Waals surface area contributed by atoms with Gasteiger partial charge >= 0.3 is 0 Å². The van der Waals surface area contributed by atoms with Gasteiger partial charge in [-0.25, -0.2) is 9.50 Å². The Bertz CT molecular complexity index is 1040. The van der Waals surface area contributed by atoms with Crippen LogP contribution in [0.3, 0.4) is 0 Å². The molecule has 0 spiro atoms. The maximum Gasteiger partial charge on any atom is 0.157 e. The maximum atomic E-state index is 5.28. The first-order valence-electron chi connectivity index (χ1n) is 9.17. The molecule has 4 rings (SSSR count). The Balaban J connectivity index is 1.70. The molecule has 6 nitrogen and oxygen atoms in total. The molecule has 0 bridgehead atoms. The summed E-state index contributed by atoms with van der Waals surface area (Å²) < 4.78 is 13.3. The molecule has 0 N–H and O–H groups in total. The molecule has 0 radical (unpaired) electrons. The number of aromatic nitrogens is 3. The highest BCUT2D eigenvalue weighted by atomic mass is 79.9. The largest absolute Gasteiger partial charge is 0.497 e. The summed E-state index contributed by atoms with van der Waals surface area (Å²) in [7, 11) is 3.35. The van der Waals surface area contributed by atoms with Crippen molar-refractivity contribution in [1.82, 2.24) is 14.6 Å². The molecule has 2 aromatic heterocycles. The molecule has 0 fully saturated rings. The molecule has 148 valence electrons. The van der Waals surface area contributed by atoms with Crippen molar-refractivity contribution in [1.29, 1.82) is 0 Å². The van der Waals surface area contributed by atoms with E-state index >= 15 is 0 Å². The lowest BCUT2D eigenvalue weighted by atomic mass is 10.1. The van der Waals surface area contributed by atoms with Gasteiger partial charge in [0, 0.05) is 13.1 Å². The van der Waals surface area contributed by atoms with Gasteiger partial charge < -0.3 is 14.4 Å². The van der Waals surface area contributed by atoms with Crippen LogP contribution in [0.5, 0.6) is 11.5 Å². The van der Waals surface area contributed by atoms with Crippen molar-refractivity contribution >= 4 is 27.3 Å². The fraction of sp³-hybridized carbons (Fsp3) is 0.182. The van der Waals surface area contributed by atoms with E-state index in [2.05, 4.69) is 55.2 Å². The van der Waals surface area contributed by atoms with Crippen LogP contribution in [0.4, 0.5) is 5.82 Å². The number of halogens is 1. The summed E-state index contributed by atoms with van der Waals surface area (Å²) in [5.74, 6) is 2.56. The molecule has 0 aliphatic carbocycles. The van der Waals surface area contributed by atoms with Crippen LogP contribution in [0, 0.1) is 0 Å². The summed E-state index contributed by atoms with van der Waals surface area (Å²) in [4.78, 5) is 6.85. The smallest absolute Gasteiger partial charge is 0.157 e. The van der Waals surface area contributed by atoms with Crippen molar-refractivity contribution in [3.63, 3.8) is 0 Å². The Morgan fingerprint density at radius 1 is 0.828 bits per heavy atom. The lowest BCUT2D eigenvalue weighted by Crippen LogP contribution is -2.24. The van der Waals surface area contributed by atoms with E-state index in [1.807, 2.05) is 40.9 Å². The van der Waals surface area contributed by atoms with Crippen LogP contribution in [0.15, 0.2) is 71.6 Å². The molecule has 7 heteroatoms. The minimum absolute atomic E-state index is 0.700. The zero-order valence-corrected chi connectivity index (χ0v) is 17.8. The molecule has 0 unspecified atom stereocenters. The van der Waals surface area contributed by atoms with Gasteiger partial charge in [-0.05, 0) is 63.5 Å². The number of nitrogens with zero attached hydrogens (tertiary/aromatic N) is 4. The Morgan fingerprint density at radius 2 is 1.38 bits per heavy atom. The van der Waals surface area contributed by atoms with E-state index < -0.39 is 0 Å². The molecular weight excluding hydrogens is 432 g/mol. The van der Waals surface area contributed by atoms with Crippen molar-refractivity contribution < 1.29 is 9.47 Å². The Labute approximate surface area is 177 Å². The first-order valence-corrected chi connectivity index (χ1v) is 9.96. The Morgan fingerprint density at radius 3 is 1.90 bits per heavy atom. The highest BCUT2D eigenvalue weighted by Crippen LogP contribution is 2.26. The van der Waals surface area contributed by atoms with Crippen molar-refractivity contribution in [2.24, 2.45) is 0 Å². The summed E-state index contributed by atoms with van der Waals surface area (Å²) in [6.07, 6.45) is 1.59. The van der Waals surface area contributed by atoms with Crippen LogP contribution in [0.25, 0.3) is 5.52 Å². The summed E-state index contributed by atoms with van der Waals surface area (Å²) in [6, 6.07) is 20.2. The molecule has 0 amide bonds. The fourth-order valence-electron chi connectivity index (χ4n) is 3.24. The number of hydrogen-bond donors (Lipinski definition) is 0. The van der Waals surface area contributed by atoms with E-state index in [0.29, 0.717) is 13.1 Å². The normalized spacial score (nSPS) is 10.9. The van der Waals surface area contributed by atoms with E-state index in [-0.39, 0.29) is 0 Å². The van der Waals surface area contributed by atoms with Gasteiger partial charge in [0.25, 0.3) is 0 Å². The zero-order chi connectivity index (χ0) is 20.2. The topological polar surface area (TPSA) is 51.9 Å². The van der Waals surface area contributed by atoms with Crippen molar-refractivity contribution in [3.8, 4) is 11.5 Å². The molecule has 29 heavy (non-hydrogen) atoms. The standard InChI is InChI=1S/C22H21BrN4O2/c1-28-18-7-3-16(4-8-18)13-26(14-17-5-9-19(29-2)10-6-17)22-20-11-12-21(23)27(20)25-15-24-22/h3-12,15H,13-14H2,1-2H3. The molecule has 0 atom stereocenters. The fourth-order valence-corrected chi connectivity index (χ4v) is 3.66. The lowest BCUT2D eigenvalue weighted by Gasteiger charge is -2.25. The molecule has 0 aliphatic heterocycles. The highest BCUT2D eigenvalue weighted by molar-refractivity contribution is 9.10. The van der Waals surface area contributed by atoms with Crippen LogP contribution in [0.2, 0.25) is 0 Å². The van der Waals surface area contributed by atoms with Crippen molar-refractivity contribution in [2.75, 3.05) is 19.1 Å². The van der Waals surface area contributed by atoms with Gasteiger partial charge in [-0.3, -0.25) is 0 Å². The van der Waals surface area contributed by atoms with Gasteiger partial charge in [0.1, 0.15) is 27.9 Å². The van der Waals surface area contributed by atoms with E-state index in [9.17, 15) is 0 Å². The van der Waals surface area contributed by atoms with E-state index in [1.54, 1.807) is 20.5 Å². The third-order valence-electron chi connectivity index (χ3n) is 4.75. The molecule has 4 aromatic rings. The number of benzene rings is 2. The second kappa shape index (κ2) is 8.53. The van der Waals surface area contributed by atoms with Crippen LogP contribution in [-0.2, 0) is 13.1 Å². The number of methoxy groups -OCH3 is 2. The average molecular weight is 453 g/mol. The Kier molecular flexibility index (Phi) is 5.67. The average Bonchev–Trinajstić information content (AvgIpc) is 3.15. The molecule has 0 aliphatic rings. The highest BCUT2D eigenvalue weighted by Gasteiger charge is 2.16. The monoisotopic (exact) mass is 452 g/mol. The SMILES string of the molecule is COc1ccc(CN(Cc2ccc(OC)cc2)c2ncnn3c(Br)ccc23)cc1. The first kappa shape index (κ1) is 19.3. The lowest BCUT2D eigenvalue weighted by molar-refractivity contribution is 0.414. The summed E-state index contributed by atoms with van der Waals surface area (Å²) >= 11 is 3.54. The number of fused-ring (bicyclic) bond motifs is 1. The number of ether oxygens (including phenoxy) is 2. The minimum atomic E-state index is 0.700. The first-order chi connectivity index (χ1) is 14.2. The van der Waals surface area contributed by atoms with Gasteiger partial charge in [0.15, 0.2) is 5.82 Å². The van der Waals surface area contributed by atoms with E-state index in [0.717, 1.165) is 27.4 Å². The molecule has 0 saturated carbocycles. The third-order valence-corrected chi connectivity index (χ3v) is 5.35. The van der Waals surface area contributed by atoms with E-state index in [1.165, 1.54) is 11.1 Å². The second-order valence-corrected chi connectivity index (χ2v) is 7.40. The molecular formula is C22H21BrN4O2. The van der Waals surface area contributed by atoms with Crippen LogP contribution >= 0.6 is 15.9 Å². The molecule has 2 aromatic carbocycles. The zero-order valence-electron chi connectivity index (χ0n) is 16.2. The van der Waals surface area contributed by atoms with Gasteiger partial charge in [0.05, 0.1) is 14.2 Å². The quantitative estimate of drug-likeness (QED) is 0.406. The van der Waals surface area contributed by atoms with Crippen molar-refractivity contribution in [2.45, 2.75) is 13.1 Å². The summed E-state index contributed by atoms with van der Waals surface area (Å²) in [6.45, 7) is 1.40. The minimum Gasteiger partial charge on any atom is -0.497 e. The van der Waals surface area contributed by atoms with Crippen LogP contribution < -0.4 is 14.4 Å². The Hall–Kier alpha value is -3.06. The van der Waals surface area contributed by atoms with Gasteiger partial charge in [-0.15, -0.1) is 0 Å². The second-order valence-electron chi connectivity index (χ2n) is 6.59. The summed E-state index contributed by atoms with van der Waals surface area (Å²) in [5.41, 5.74) is 3.28. The number of hydrogen-bond acceptors (Lipinski definition) is 5. The third kappa shape index (κ3) is 4.19. The van der Waals surface area contributed by atoms with Gasteiger partial charge in [-0.1, -0.05) is 24.3 Å². The number of anilines is 1. The predicted octanol–water partition coefficient (Wildman–Crippen LogP) is 4.72. The predicted molar refractivity (Wildman–Crippen MR) is 117 cm³/mol. The number of rotatable bonds is 7. The maximum absolute atomic E-state index is 5.28. The van der Waals surface area contributed by atoms with E-state index in [4.69, 9.17) is 9.47 Å². The van der Waals surface area contributed by atoms with Gasteiger partial charge in [-0.2, -0.15) is 5.10 Å². The molecule has 0 saturated heterocycles.